The summed E-state index contributed by atoms with van der Waals surface area (Å²) in [5, 5.41) is 14.9. The number of benzene rings is 1. The van der Waals surface area contributed by atoms with Gasteiger partial charge in [0.1, 0.15) is 11.4 Å². The van der Waals surface area contributed by atoms with Gasteiger partial charge in [0.2, 0.25) is 5.43 Å². The number of amides is 1. The number of hydrogen-bond donors (Lipinski definition) is 3. The molecule has 1 saturated carbocycles. The van der Waals surface area contributed by atoms with Gasteiger partial charge < -0.3 is 20.3 Å². The third kappa shape index (κ3) is 5.47. The first-order valence-corrected chi connectivity index (χ1v) is 11.3. The molecule has 1 fully saturated rings. The molecule has 0 bridgehead atoms. The van der Waals surface area contributed by atoms with E-state index in [9.17, 15) is 18.8 Å². The highest BCUT2D eigenvalue weighted by atomic mass is 19.1. The van der Waals surface area contributed by atoms with E-state index in [1.807, 2.05) is 13.8 Å². The molecule has 8 heteroatoms. The van der Waals surface area contributed by atoms with Crippen molar-refractivity contribution in [2.75, 3.05) is 5.32 Å². The summed E-state index contributed by atoms with van der Waals surface area (Å²) in [5.74, 6) is -2.05. The fourth-order valence-electron chi connectivity index (χ4n) is 4.25. The lowest BCUT2D eigenvalue weighted by Crippen LogP contribution is -2.36. The van der Waals surface area contributed by atoms with Crippen molar-refractivity contribution in [3.05, 3.63) is 39.9 Å². The summed E-state index contributed by atoms with van der Waals surface area (Å²) in [6.07, 6.45) is 7.10. The van der Waals surface area contributed by atoms with E-state index in [0.717, 1.165) is 25.7 Å². The zero-order valence-corrected chi connectivity index (χ0v) is 18.9. The van der Waals surface area contributed by atoms with E-state index in [4.69, 9.17) is 5.11 Å². The third-order valence-corrected chi connectivity index (χ3v) is 6.06. The van der Waals surface area contributed by atoms with Crippen LogP contribution in [0.4, 0.5) is 10.1 Å². The van der Waals surface area contributed by atoms with Crippen molar-refractivity contribution in [3.63, 3.8) is 0 Å². The van der Waals surface area contributed by atoms with Gasteiger partial charge in [-0.05, 0) is 52.2 Å². The second-order valence-electron chi connectivity index (χ2n) is 9.01. The van der Waals surface area contributed by atoms with Gasteiger partial charge in [0.25, 0.3) is 5.91 Å². The first kappa shape index (κ1) is 23.8. The van der Waals surface area contributed by atoms with Gasteiger partial charge in [0, 0.05) is 36.1 Å². The van der Waals surface area contributed by atoms with Crippen LogP contribution in [-0.4, -0.2) is 33.6 Å². The van der Waals surface area contributed by atoms with Crippen molar-refractivity contribution in [2.24, 2.45) is 0 Å². The van der Waals surface area contributed by atoms with E-state index in [0.29, 0.717) is 11.2 Å². The zero-order chi connectivity index (χ0) is 23.4. The van der Waals surface area contributed by atoms with Gasteiger partial charge in [-0.25, -0.2) is 4.39 Å². The number of anilines is 1. The van der Waals surface area contributed by atoms with E-state index in [1.54, 1.807) is 17.6 Å². The Morgan fingerprint density at radius 2 is 1.88 bits per heavy atom. The Bertz CT molecular complexity index is 1060. The number of carboxylic acid groups (broad SMARTS) is 1. The highest BCUT2D eigenvalue weighted by Gasteiger charge is 2.21. The molecule has 1 aromatic carbocycles. The molecular formula is C24H32FN3O4. The first-order valence-electron chi connectivity index (χ1n) is 11.3. The van der Waals surface area contributed by atoms with E-state index < -0.39 is 29.2 Å². The Hall–Kier alpha value is -2.90. The number of aromatic nitrogens is 1. The number of pyridine rings is 1. The number of carbonyl (C=O) groups is 2. The third-order valence-electron chi connectivity index (χ3n) is 6.06. The molecule has 1 amide bonds. The Morgan fingerprint density at radius 1 is 1.19 bits per heavy atom. The normalized spacial score (nSPS) is 15.7. The van der Waals surface area contributed by atoms with Crippen LogP contribution in [0.2, 0.25) is 0 Å². The Morgan fingerprint density at radius 3 is 2.50 bits per heavy atom. The number of nitrogens with one attached hydrogen (secondary N) is 2. The number of carbonyl (C=O) groups excluding carboxylic acids is 1. The van der Waals surface area contributed by atoms with Crippen molar-refractivity contribution in [1.82, 2.24) is 9.88 Å². The lowest BCUT2D eigenvalue weighted by atomic mass is 9.95. The van der Waals surface area contributed by atoms with Crippen LogP contribution in [0.3, 0.4) is 0 Å². The highest BCUT2D eigenvalue weighted by Crippen LogP contribution is 2.27. The number of nitrogens with zero attached hydrogens (tertiary/aromatic N) is 1. The fourth-order valence-corrected chi connectivity index (χ4v) is 4.25. The average molecular weight is 446 g/mol. The van der Waals surface area contributed by atoms with Crippen LogP contribution in [0.25, 0.3) is 10.9 Å². The molecule has 0 radical (unpaired) electrons. The van der Waals surface area contributed by atoms with Crippen molar-refractivity contribution in [1.29, 1.82) is 0 Å². The average Bonchev–Trinajstić information content (AvgIpc) is 2.74. The minimum Gasteiger partial charge on any atom is -0.481 e. The summed E-state index contributed by atoms with van der Waals surface area (Å²) in [4.78, 5) is 36.6. The molecule has 0 spiro atoms. The molecule has 1 aliphatic rings. The molecular weight excluding hydrogens is 413 g/mol. The maximum absolute atomic E-state index is 14.9. The number of aliphatic carboxylic acids is 1. The standard InChI is InChI=1S/C24H32FN3O4/c1-14(2)28-13-18(24(32)26-15(3)9-10-22(29)30)23(31)17-11-19(25)20(12-21(17)28)27-16-7-5-4-6-8-16/h11-16,27H,4-10H2,1-3H3,(H,26,32)(H,29,30)/t15-/m1/s1. The molecule has 32 heavy (non-hydrogen) atoms. The minimum absolute atomic E-state index is 0.0675. The van der Waals surface area contributed by atoms with Gasteiger partial charge in [-0.15, -0.1) is 0 Å². The van der Waals surface area contributed by atoms with Gasteiger partial charge in [-0.3, -0.25) is 14.4 Å². The Kier molecular flexibility index (Phi) is 7.53. The maximum Gasteiger partial charge on any atom is 0.303 e. The van der Waals surface area contributed by atoms with Crippen LogP contribution in [-0.2, 0) is 4.79 Å². The van der Waals surface area contributed by atoms with Crippen molar-refractivity contribution >= 4 is 28.5 Å². The smallest absolute Gasteiger partial charge is 0.303 e. The Balaban J connectivity index is 1.97. The molecule has 0 aliphatic heterocycles. The van der Waals surface area contributed by atoms with Crippen LogP contribution in [0.5, 0.6) is 0 Å². The summed E-state index contributed by atoms with van der Waals surface area (Å²) < 4.78 is 16.7. The second-order valence-corrected chi connectivity index (χ2v) is 9.01. The monoisotopic (exact) mass is 445 g/mol. The quantitative estimate of drug-likeness (QED) is 0.557. The van der Waals surface area contributed by atoms with E-state index in [-0.39, 0.29) is 35.9 Å². The summed E-state index contributed by atoms with van der Waals surface area (Å²) in [5.41, 5.74) is 0.321. The second kappa shape index (κ2) is 10.1. The largest absolute Gasteiger partial charge is 0.481 e. The fraction of sp³-hybridized carbons (Fsp3) is 0.542. The topological polar surface area (TPSA) is 100 Å². The lowest BCUT2D eigenvalue weighted by Gasteiger charge is -2.25. The number of carboxylic acids is 1. The summed E-state index contributed by atoms with van der Waals surface area (Å²) in [7, 11) is 0. The van der Waals surface area contributed by atoms with Gasteiger partial charge >= 0.3 is 5.97 Å². The van der Waals surface area contributed by atoms with Crippen LogP contribution in [0.15, 0.2) is 23.1 Å². The molecule has 0 unspecified atom stereocenters. The SMILES string of the molecule is CC(C)n1cc(C(=O)N[C@H](C)CCC(=O)O)c(=O)c2cc(F)c(NC3CCCCC3)cc21. The van der Waals surface area contributed by atoms with Crippen molar-refractivity contribution < 1.29 is 19.1 Å². The predicted octanol–water partition coefficient (Wildman–Crippen LogP) is 4.45. The zero-order valence-electron chi connectivity index (χ0n) is 18.9. The lowest BCUT2D eigenvalue weighted by molar-refractivity contribution is -0.137. The summed E-state index contributed by atoms with van der Waals surface area (Å²) >= 11 is 0. The Labute approximate surface area is 187 Å². The molecule has 174 valence electrons. The minimum atomic E-state index is -0.952. The predicted molar refractivity (Wildman–Crippen MR) is 123 cm³/mol. The molecule has 1 aliphatic carbocycles. The highest BCUT2D eigenvalue weighted by molar-refractivity contribution is 5.98. The van der Waals surface area contributed by atoms with E-state index in [1.165, 1.54) is 18.7 Å². The molecule has 1 heterocycles. The van der Waals surface area contributed by atoms with E-state index in [2.05, 4.69) is 10.6 Å². The molecule has 3 rings (SSSR count). The number of halogens is 1. The number of hydrogen-bond acceptors (Lipinski definition) is 4. The number of fused-ring (bicyclic) bond motifs is 1. The van der Waals surface area contributed by atoms with Crippen LogP contribution in [0, 0.1) is 5.82 Å². The van der Waals surface area contributed by atoms with Gasteiger partial charge in [0.05, 0.1) is 11.2 Å². The molecule has 1 aromatic heterocycles. The summed E-state index contributed by atoms with van der Waals surface area (Å²) in [6, 6.07) is 2.61. The van der Waals surface area contributed by atoms with Gasteiger partial charge in [0.15, 0.2) is 0 Å². The van der Waals surface area contributed by atoms with Crippen molar-refractivity contribution in [3.8, 4) is 0 Å². The molecule has 7 nitrogen and oxygen atoms in total. The van der Waals surface area contributed by atoms with Gasteiger partial charge in [-0.1, -0.05) is 19.3 Å². The molecule has 2 aromatic rings. The van der Waals surface area contributed by atoms with Crippen LogP contribution in [0.1, 0.15) is 82.1 Å². The molecule has 3 N–H and O–H groups in total. The maximum atomic E-state index is 14.9. The number of rotatable bonds is 8. The van der Waals surface area contributed by atoms with Crippen molar-refractivity contribution in [2.45, 2.75) is 83.8 Å². The van der Waals surface area contributed by atoms with Crippen LogP contribution >= 0.6 is 0 Å². The molecule has 1 atom stereocenters. The van der Waals surface area contributed by atoms with E-state index >= 15 is 0 Å². The molecule has 0 saturated heterocycles. The van der Waals surface area contributed by atoms with Crippen LogP contribution < -0.4 is 16.1 Å². The first-order chi connectivity index (χ1) is 15.2. The van der Waals surface area contributed by atoms with Gasteiger partial charge in [-0.2, -0.15) is 0 Å². The summed E-state index contributed by atoms with van der Waals surface area (Å²) in [6.45, 7) is 5.54.